The molecule has 0 bridgehead atoms. The van der Waals surface area contributed by atoms with Gasteiger partial charge in [0.05, 0.1) is 23.6 Å². The number of hydrogen-bond donors (Lipinski definition) is 2. The van der Waals surface area contributed by atoms with Gasteiger partial charge in [-0.05, 0) is 38.4 Å². The average molecular weight is 369 g/mol. The van der Waals surface area contributed by atoms with Gasteiger partial charge < -0.3 is 15.1 Å². The molecular weight excluding hydrogens is 351 g/mol. The van der Waals surface area contributed by atoms with Crippen molar-refractivity contribution in [2.75, 3.05) is 26.0 Å². The van der Waals surface area contributed by atoms with Gasteiger partial charge in [0, 0.05) is 6.54 Å². The van der Waals surface area contributed by atoms with Gasteiger partial charge in [0.25, 0.3) is 0 Å². The second-order valence-corrected chi connectivity index (χ2v) is 5.70. The number of nitrogens with one attached hydrogen (secondary N) is 2. The molecule has 0 spiro atoms. The number of halogens is 3. The van der Waals surface area contributed by atoms with Crippen LogP contribution in [0, 0.1) is 0 Å². The quantitative estimate of drug-likeness (QED) is 0.795. The van der Waals surface area contributed by atoms with Crippen molar-refractivity contribution in [3.05, 3.63) is 54.0 Å². The number of carbonyl (C=O) groups is 2. The molecule has 0 saturated heterocycles. The van der Waals surface area contributed by atoms with Crippen LogP contribution < -0.4 is 10.6 Å². The first kappa shape index (κ1) is 19.5. The summed E-state index contributed by atoms with van der Waals surface area (Å²) in [5.41, 5.74) is -1.50. The van der Waals surface area contributed by atoms with Crippen LogP contribution in [0.5, 0.6) is 0 Å². The highest BCUT2D eigenvalue weighted by Gasteiger charge is 2.34. The van der Waals surface area contributed by atoms with Crippen molar-refractivity contribution in [3.63, 3.8) is 0 Å². The van der Waals surface area contributed by atoms with Crippen molar-refractivity contribution in [3.8, 4) is 0 Å². The molecule has 1 atom stereocenters. The van der Waals surface area contributed by atoms with E-state index in [1.54, 1.807) is 31.1 Å². The minimum Gasteiger partial charge on any atom is -0.468 e. The molecule has 0 aliphatic heterocycles. The maximum absolute atomic E-state index is 12.9. The zero-order valence-corrected chi connectivity index (χ0v) is 14.1. The predicted molar refractivity (Wildman–Crippen MR) is 88.2 cm³/mol. The first-order chi connectivity index (χ1) is 12.2. The number of amides is 2. The van der Waals surface area contributed by atoms with E-state index in [4.69, 9.17) is 4.42 Å². The summed E-state index contributed by atoms with van der Waals surface area (Å²) in [5.74, 6) is -1.64. The number of alkyl halides is 3. The van der Waals surface area contributed by atoms with E-state index < -0.39 is 29.2 Å². The monoisotopic (exact) mass is 369 g/mol. The molecule has 9 heteroatoms. The first-order valence-electron chi connectivity index (χ1n) is 7.65. The molecular formula is C17H18F3N3O3. The molecule has 140 valence electrons. The average Bonchev–Trinajstić information content (AvgIpc) is 3.08. The van der Waals surface area contributed by atoms with E-state index >= 15 is 0 Å². The third-order valence-electron chi connectivity index (χ3n) is 3.64. The summed E-state index contributed by atoms with van der Waals surface area (Å²) in [6, 6.07) is 7.52. The van der Waals surface area contributed by atoms with E-state index in [0.717, 1.165) is 12.1 Å². The van der Waals surface area contributed by atoms with Crippen molar-refractivity contribution in [1.82, 2.24) is 10.2 Å². The topological polar surface area (TPSA) is 74.6 Å². The highest BCUT2D eigenvalue weighted by atomic mass is 19.4. The molecule has 0 aliphatic rings. The number of likely N-dealkylation sites (N-methyl/N-ethyl adjacent to an activating group) is 1. The SMILES string of the molecule is CN(C)C(CNC(=O)C(=O)Nc1ccccc1C(F)(F)F)c1ccco1. The zero-order chi connectivity index (χ0) is 19.3. The van der Waals surface area contributed by atoms with E-state index in [1.807, 2.05) is 5.32 Å². The van der Waals surface area contributed by atoms with Gasteiger partial charge in [0.2, 0.25) is 0 Å². The Morgan fingerprint density at radius 2 is 1.81 bits per heavy atom. The molecule has 2 rings (SSSR count). The number of nitrogens with zero attached hydrogens (tertiary/aromatic N) is 1. The molecule has 1 heterocycles. The second-order valence-electron chi connectivity index (χ2n) is 5.70. The molecule has 2 N–H and O–H groups in total. The molecule has 0 radical (unpaired) electrons. The molecule has 1 aromatic carbocycles. The number of furan rings is 1. The van der Waals surface area contributed by atoms with Gasteiger partial charge in [-0.1, -0.05) is 12.1 Å². The molecule has 6 nitrogen and oxygen atoms in total. The lowest BCUT2D eigenvalue weighted by molar-refractivity contribution is -0.138. The van der Waals surface area contributed by atoms with E-state index in [1.165, 1.54) is 18.4 Å². The Morgan fingerprint density at radius 3 is 2.38 bits per heavy atom. The van der Waals surface area contributed by atoms with E-state index in [9.17, 15) is 22.8 Å². The van der Waals surface area contributed by atoms with Crippen LogP contribution in [0.1, 0.15) is 17.4 Å². The minimum atomic E-state index is -4.64. The molecule has 26 heavy (non-hydrogen) atoms. The van der Waals surface area contributed by atoms with Gasteiger partial charge in [-0.15, -0.1) is 0 Å². The Kier molecular flexibility index (Phi) is 6.04. The van der Waals surface area contributed by atoms with Crippen LogP contribution in [-0.4, -0.2) is 37.4 Å². The smallest absolute Gasteiger partial charge is 0.418 e. The Bertz CT molecular complexity index is 758. The molecule has 2 aromatic rings. The highest BCUT2D eigenvalue weighted by Crippen LogP contribution is 2.34. The fourth-order valence-corrected chi connectivity index (χ4v) is 2.31. The number of carbonyl (C=O) groups excluding carboxylic acids is 2. The van der Waals surface area contributed by atoms with Crippen LogP contribution in [0.3, 0.4) is 0 Å². The lowest BCUT2D eigenvalue weighted by Gasteiger charge is -2.22. The van der Waals surface area contributed by atoms with Crippen LogP contribution in [0.15, 0.2) is 47.1 Å². The summed E-state index contributed by atoms with van der Waals surface area (Å²) in [5, 5.41) is 4.39. The first-order valence-corrected chi connectivity index (χ1v) is 7.65. The standard InChI is InChI=1S/C17H18F3N3O3/c1-23(2)13(14-8-5-9-26-14)10-21-15(24)16(25)22-12-7-4-3-6-11(12)17(18,19)20/h3-9,13H,10H2,1-2H3,(H,21,24)(H,22,25). The third-order valence-corrected chi connectivity index (χ3v) is 3.64. The van der Waals surface area contributed by atoms with E-state index in [-0.39, 0.29) is 12.6 Å². The lowest BCUT2D eigenvalue weighted by atomic mass is 10.1. The zero-order valence-electron chi connectivity index (χ0n) is 14.1. The number of benzene rings is 1. The summed E-state index contributed by atoms with van der Waals surface area (Å²) in [6.45, 7) is 0.0493. The molecule has 1 unspecified atom stereocenters. The Morgan fingerprint density at radius 1 is 1.12 bits per heavy atom. The van der Waals surface area contributed by atoms with Crippen LogP contribution in [0.25, 0.3) is 0 Å². The summed E-state index contributed by atoms with van der Waals surface area (Å²) in [6.07, 6.45) is -3.16. The van der Waals surface area contributed by atoms with Gasteiger partial charge in [0.15, 0.2) is 0 Å². The summed E-state index contributed by atoms with van der Waals surface area (Å²) in [7, 11) is 3.53. The molecule has 0 saturated carbocycles. The maximum Gasteiger partial charge on any atom is 0.418 e. The predicted octanol–water partition coefficient (Wildman–Crippen LogP) is 2.66. The summed E-state index contributed by atoms with van der Waals surface area (Å²) in [4.78, 5) is 25.7. The molecule has 0 fully saturated rings. The van der Waals surface area contributed by atoms with Crippen molar-refractivity contribution < 1.29 is 27.2 Å². The van der Waals surface area contributed by atoms with Crippen molar-refractivity contribution in [2.45, 2.75) is 12.2 Å². The molecule has 1 aromatic heterocycles. The van der Waals surface area contributed by atoms with Gasteiger partial charge in [-0.25, -0.2) is 0 Å². The number of anilines is 1. The Hall–Kier alpha value is -2.81. The van der Waals surface area contributed by atoms with Crippen LogP contribution in [0.4, 0.5) is 18.9 Å². The van der Waals surface area contributed by atoms with Gasteiger partial charge >= 0.3 is 18.0 Å². The van der Waals surface area contributed by atoms with Crippen LogP contribution in [-0.2, 0) is 15.8 Å². The van der Waals surface area contributed by atoms with E-state index in [0.29, 0.717) is 5.76 Å². The van der Waals surface area contributed by atoms with Gasteiger partial charge in [-0.3, -0.25) is 14.5 Å². The van der Waals surface area contributed by atoms with Crippen LogP contribution >= 0.6 is 0 Å². The number of hydrogen-bond acceptors (Lipinski definition) is 4. The Balaban J connectivity index is 2.01. The third kappa shape index (κ3) is 4.85. The Labute approximate surface area is 148 Å². The molecule has 2 amide bonds. The second kappa shape index (κ2) is 8.05. The van der Waals surface area contributed by atoms with Gasteiger partial charge in [-0.2, -0.15) is 13.2 Å². The van der Waals surface area contributed by atoms with Crippen molar-refractivity contribution >= 4 is 17.5 Å². The van der Waals surface area contributed by atoms with Crippen LogP contribution in [0.2, 0.25) is 0 Å². The summed E-state index contributed by atoms with van der Waals surface area (Å²) >= 11 is 0. The van der Waals surface area contributed by atoms with Crippen molar-refractivity contribution in [1.29, 1.82) is 0 Å². The fourth-order valence-electron chi connectivity index (χ4n) is 2.31. The largest absolute Gasteiger partial charge is 0.468 e. The molecule has 0 aliphatic carbocycles. The minimum absolute atomic E-state index is 0.0493. The van der Waals surface area contributed by atoms with Crippen molar-refractivity contribution in [2.24, 2.45) is 0 Å². The van der Waals surface area contributed by atoms with Gasteiger partial charge in [0.1, 0.15) is 5.76 Å². The lowest BCUT2D eigenvalue weighted by Crippen LogP contribution is -2.40. The normalized spacial score (nSPS) is 12.7. The maximum atomic E-state index is 12.9. The number of rotatable bonds is 5. The van der Waals surface area contributed by atoms with E-state index in [2.05, 4.69) is 5.32 Å². The summed E-state index contributed by atoms with van der Waals surface area (Å²) < 4.78 is 44.1. The fraction of sp³-hybridized carbons (Fsp3) is 0.294. The highest BCUT2D eigenvalue weighted by molar-refractivity contribution is 6.39. The number of para-hydroxylation sites is 1.